The third-order valence-electron chi connectivity index (χ3n) is 3.27. The summed E-state index contributed by atoms with van der Waals surface area (Å²) in [5.41, 5.74) is 0.583. The molecule has 0 N–H and O–H groups in total. The Balaban J connectivity index is 1.92. The van der Waals surface area contributed by atoms with Crippen LogP contribution in [-0.4, -0.2) is 17.1 Å². The molecule has 0 radical (unpaired) electrons. The summed E-state index contributed by atoms with van der Waals surface area (Å²) < 4.78 is 5.45. The number of ether oxygens (including phenoxy) is 1. The standard InChI is InChI=1S/C13H17NO2/c1-10(11-4-2-3-5-11)16-13(15)12-6-8-14-9-7-12/h6-11H,2-5H2,1H3. The predicted octanol–water partition coefficient (Wildman–Crippen LogP) is 2.82. The van der Waals surface area contributed by atoms with Gasteiger partial charge in [-0.1, -0.05) is 12.8 Å². The molecule has 0 spiro atoms. The lowest BCUT2D eigenvalue weighted by atomic mass is 10.0. The van der Waals surface area contributed by atoms with Gasteiger partial charge >= 0.3 is 5.97 Å². The van der Waals surface area contributed by atoms with Crippen molar-refractivity contribution in [3.05, 3.63) is 30.1 Å². The molecule has 0 saturated heterocycles. The van der Waals surface area contributed by atoms with Crippen LogP contribution in [0.5, 0.6) is 0 Å². The fourth-order valence-electron chi connectivity index (χ4n) is 2.25. The quantitative estimate of drug-likeness (QED) is 0.734. The third-order valence-corrected chi connectivity index (χ3v) is 3.27. The molecule has 16 heavy (non-hydrogen) atoms. The van der Waals surface area contributed by atoms with E-state index in [0.29, 0.717) is 11.5 Å². The van der Waals surface area contributed by atoms with Crippen LogP contribution in [0.15, 0.2) is 24.5 Å². The molecular formula is C13H17NO2. The van der Waals surface area contributed by atoms with Gasteiger partial charge in [0.05, 0.1) is 5.56 Å². The Morgan fingerprint density at radius 1 is 1.38 bits per heavy atom. The zero-order valence-corrected chi connectivity index (χ0v) is 9.56. The van der Waals surface area contributed by atoms with Gasteiger partial charge in [0.25, 0.3) is 0 Å². The summed E-state index contributed by atoms with van der Waals surface area (Å²) in [4.78, 5) is 15.6. The van der Waals surface area contributed by atoms with Crippen molar-refractivity contribution in [2.24, 2.45) is 5.92 Å². The van der Waals surface area contributed by atoms with E-state index >= 15 is 0 Å². The number of hydrogen-bond donors (Lipinski definition) is 0. The van der Waals surface area contributed by atoms with E-state index in [2.05, 4.69) is 4.98 Å². The van der Waals surface area contributed by atoms with E-state index < -0.39 is 0 Å². The molecule has 1 heterocycles. The second kappa shape index (κ2) is 5.10. The average Bonchev–Trinajstić information content (AvgIpc) is 2.83. The molecule has 1 aliphatic carbocycles. The topological polar surface area (TPSA) is 39.2 Å². The van der Waals surface area contributed by atoms with E-state index in [9.17, 15) is 4.79 Å². The number of aromatic nitrogens is 1. The number of rotatable bonds is 3. The van der Waals surface area contributed by atoms with Crippen molar-refractivity contribution >= 4 is 5.97 Å². The van der Waals surface area contributed by atoms with Crippen LogP contribution in [0.3, 0.4) is 0 Å². The van der Waals surface area contributed by atoms with E-state index in [1.807, 2.05) is 6.92 Å². The molecule has 0 bridgehead atoms. The Hall–Kier alpha value is -1.38. The molecule has 3 nitrogen and oxygen atoms in total. The molecule has 1 aliphatic rings. The van der Waals surface area contributed by atoms with Gasteiger partial charge in [0, 0.05) is 12.4 Å². The summed E-state index contributed by atoms with van der Waals surface area (Å²) in [5, 5.41) is 0. The Bertz CT molecular complexity index is 344. The summed E-state index contributed by atoms with van der Waals surface area (Å²) in [6.45, 7) is 2.00. The third kappa shape index (κ3) is 2.60. The predicted molar refractivity (Wildman–Crippen MR) is 61.1 cm³/mol. The van der Waals surface area contributed by atoms with Crippen molar-refractivity contribution in [1.82, 2.24) is 4.98 Å². The smallest absolute Gasteiger partial charge is 0.338 e. The lowest BCUT2D eigenvalue weighted by Gasteiger charge is -2.19. The van der Waals surface area contributed by atoms with E-state index in [4.69, 9.17) is 4.74 Å². The molecule has 2 rings (SSSR count). The molecule has 0 aromatic carbocycles. The normalized spacial score (nSPS) is 18.3. The van der Waals surface area contributed by atoms with Crippen LogP contribution in [0.1, 0.15) is 43.0 Å². The van der Waals surface area contributed by atoms with Crippen LogP contribution < -0.4 is 0 Å². The monoisotopic (exact) mass is 219 g/mol. The van der Waals surface area contributed by atoms with Crippen LogP contribution >= 0.6 is 0 Å². The summed E-state index contributed by atoms with van der Waals surface area (Å²) in [6, 6.07) is 3.37. The van der Waals surface area contributed by atoms with E-state index in [1.54, 1.807) is 24.5 Å². The summed E-state index contributed by atoms with van der Waals surface area (Å²) in [7, 11) is 0. The molecule has 3 heteroatoms. The molecule has 1 atom stereocenters. The highest BCUT2D eigenvalue weighted by atomic mass is 16.5. The van der Waals surface area contributed by atoms with Gasteiger partial charge < -0.3 is 4.74 Å². The first-order valence-corrected chi connectivity index (χ1v) is 5.88. The first-order valence-electron chi connectivity index (χ1n) is 5.88. The molecule has 1 saturated carbocycles. The van der Waals surface area contributed by atoms with Crippen molar-refractivity contribution in [2.75, 3.05) is 0 Å². The summed E-state index contributed by atoms with van der Waals surface area (Å²) in [6.07, 6.45) is 8.15. The highest BCUT2D eigenvalue weighted by Crippen LogP contribution is 2.29. The molecule has 1 aromatic heterocycles. The van der Waals surface area contributed by atoms with Crippen molar-refractivity contribution in [2.45, 2.75) is 38.7 Å². The van der Waals surface area contributed by atoms with Gasteiger partial charge in [-0.2, -0.15) is 0 Å². The highest BCUT2D eigenvalue weighted by Gasteiger charge is 2.24. The van der Waals surface area contributed by atoms with Crippen molar-refractivity contribution in [1.29, 1.82) is 0 Å². The second-order valence-electron chi connectivity index (χ2n) is 4.39. The fourth-order valence-corrected chi connectivity index (χ4v) is 2.25. The minimum atomic E-state index is -0.234. The van der Waals surface area contributed by atoms with Crippen LogP contribution in [-0.2, 0) is 4.74 Å². The molecule has 86 valence electrons. The van der Waals surface area contributed by atoms with Gasteiger partial charge in [0.15, 0.2) is 0 Å². The van der Waals surface area contributed by atoms with Crippen molar-refractivity contribution in [3.8, 4) is 0 Å². The zero-order chi connectivity index (χ0) is 11.4. The minimum absolute atomic E-state index is 0.0307. The van der Waals surface area contributed by atoms with Gasteiger partial charge in [0.2, 0.25) is 0 Å². The first-order chi connectivity index (χ1) is 7.77. The summed E-state index contributed by atoms with van der Waals surface area (Å²) in [5.74, 6) is 0.313. The molecule has 1 aromatic rings. The minimum Gasteiger partial charge on any atom is -0.459 e. The van der Waals surface area contributed by atoms with E-state index in [0.717, 1.165) is 0 Å². The zero-order valence-electron chi connectivity index (χ0n) is 9.56. The maximum Gasteiger partial charge on any atom is 0.338 e. The maximum absolute atomic E-state index is 11.8. The van der Waals surface area contributed by atoms with Crippen LogP contribution in [0.4, 0.5) is 0 Å². The van der Waals surface area contributed by atoms with Crippen LogP contribution in [0.25, 0.3) is 0 Å². The van der Waals surface area contributed by atoms with Crippen LogP contribution in [0.2, 0.25) is 0 Å². The number of nitrogens with zero attached hydrogens (tertiary/aromatic N) is 1. The first kappa shape index (κ1) is 11.1. The number of carbonyl (C=O) groups excluding carboxylic acids is 1. The molecular weight excluding hydrogens is 202 g/mol. The van der Waals surface area contributed by atoms with Gasteiger partial charge in [-0.3, -0.25) is 4.98 Å². The number of hydrogen-bond acceptors (Lipinski definition) is 3. The lowest BCUT2D eigenvalue weighted by Crippen LogP contribution is -2.22. The maximum atomic E-state index is 11.8. The molecule has 0 aliphatic heterocycles. The fraction of sp³-hybridized carbons (Fsp3) is 0.538. The Morgan fingerprint density at radius 3 is 2.62 bits per heavy atom. The number of carbonyl (C=O) groups is 1. The number of esters is 1. The second-order valence-corrected chi connectivity index (χ2v) is 4.39. The van der Waals surface area contributed by atoms with Crippen molar-refractivity contribution in [3.63, 3.8) is 0 Å². The largest absolute Gasteiger partial charge is 0.459 e. The van der Waals surface area contributed by atoms with Gasteiger partial charge in [-0.25, -0.2) is 4.79 Å². The molecule has 1 fully saturated rings. The van der Waals surface area contributed by atoms with Gasteiger partial charge in [0.1, 0.15) is 6.10 Å². The Labute approximate surface area is 95.8 Å². The Kier molecular flexibility index (Phi) is 3.54. The molecule has 1 unspecified atom stereocenters. The van der Waals surface area contributed by atoms with Gasteiger partial charge in [-0.15, -0.1) is 0 Å². The summed E-state index contributed by atoms with van der Waals surface area (Å²) >= 11 is 0. The lowest BCUT2D eigenvalue weighted by molar-refractivity contribution is 0.0204. The highest BCUT2D eigenvalue weighted by molar-refractivity contribution is 5.89. The van der Waals surface area contributed by atoms with E-state index in [-0.39, 0.29) is 12.1 Å². The molecule has 0 amide bonds. The van der Waals surface area contributed by atoms with Crippen LogP contribution in [0, 0.1) is 5.92 Å². The van der Waals surface area contributed by atoms with Crippen molar-refractivity contribution < 1.29 is 9.53 Å². The average molecular weight is 219 g/mol. The Morgan fingerprint density at radius 2 is 2.00 bits per heavy atom. The number of pyridine rings is 1. The van der Waals surface area contributed by atoms with Gasteiger partial charge in [-0.05, 0) is 37.8 Å². The SMILES string of the molecule is CC(OC(=O)c1ccncc1)C1CCCC1. The van der Waals surface area contributed by atoms with E-state index in [1.165, 1.54) is 25.7 Å².